The van der Waals surface area contributed by atoms with Gasteiger partial charge in [-0.25, -0.2) is 0 Å². The van der Waals surface area contributed by atoms with Crippen LogP contribution in [-0.2, 0) is 9.59 Å². The minimum Gasteiger partial charge on any atom is -0.388 e. The summed E-state index contributed by atoms with van der Waals surface area (Å²) in [6.07, 6.45) is 0.493. The van der Waals surface area contributed by atoms with Crippen molar-refractivity contribution in [2.75, 3.05) is 11.9 Å². The van der Waals surface area contributed by atoms with Gasteiger partial charge in [-0.3, -0.25) is 9.59 Å². The Morgan fingerprint density at radius 1 is 1.32 bits per heavy atom. The molecule has 0 aromatic heterocycles. The van der Waals surface area contributed by atoms with Crippen molar-refractivity contribution in [3.8, 4) is 0 Å². The first-order valence-corrected chi connectivity index (χ1v) is 6.22. The van der Waals surface area contributed by atoms with Crippen molar-refractivity contribution in [2.45, 2.75) is 32.8 Å². The molecule has 19 heavy (non-hydrogen) atoms. The van der Waals surface area contributed by atoms with Gasteiger partial charge >= 0.3 is 11.8 Å². The topological polar surface area (TPSA) is 78.4 Å². The number of benzene rings is 1. The largest absolute Gasteiger partial charge is 0.388 e. The zero-order valence-corrected chi connectivity index (χ0v) is 11.5. The van der Waals surface area contributed by atoms with E-state index >= 15 is 0 Å². The molecule has 0 bridgehead atoms. The molecule has 5 heteroatoms. The normalized spacial score (nSPS) is 13.5. The van der Waals surface area contributed by atoms with Crippen molar-refractivity contribution >= 4 is 17.5 Å². The van der Waals surface area contributed by atoms with E-state index in [0.717, 1.165) is 5.56 Å². The standard InChI is InChI=1S/C14H20N2O3/c1-4-14(3,19)9-15-12(17)13(18)16-11-7-5-6-10(2)8-11/h5-8,19H,4,9H2,1-3H3,(H,15,17)(H,16,18)/t14-/m1/s1. The third-order valence-corrected chi connectivity index (χ3v) is 2.87. The molecule has 104 valence electrons. The Labute approximate surface area is 113 Å². The van der Waals surface area contributed by atoms with Gasteiger partial charge in [0.1, 0.15) is 0 Å². The lowest BCUT2D eigenvalue weighted by molar-refractivity contribution is -0.136. The quantitative estimate of drug-likeness (QED) is 0.715. The number of aryl methyl sites for hydroxylation is 1. The van der Waals surface area contributed by atoms with Gasteiger partial charge in [0.25, 0.3) is 0 Å². The molecule has 5 nitrogen and oxygen atoms in total. The molecule has 1 aromatic rings. The molecule has 1 aromatic carbocycles. The Kier molecular flexibility index (Phi) is 5.06. The van der Waals surface area contributed by atoms with E-state index in [4.69, 9.17) is 0 Å². The second-order valence-electron chi connectivity index (χ2n) is 4.86. The van der Waals surface area contributed by atoms with E-state index in [2.05, 4.69) is 10.6 Å². The van der Waals surface area contributed by atoms with E-state index in [1.54, 1.807) is 32.0 Å². The smallest absolute Gasteiger partial charge is 0.313 e. The lowest BCUT2D eigenvalue weighted by atomic mass is 10.0. The fourth-order valence-electron chi connectivity index (χ4n) is 1.39. The predicted molar refractivity (Wildman–Crippen MR) is 73.7 cm³/mol. The third kappa shape index (κ3) is 5.09. The fourth-order valence-corrected chi connectivity index (χ4v) is 1.39. The molecule has 0 aliphatic carbocycles. The van der Waals surface area contributed by atoms with Crippen molar-refractivity contribution in [3.05, 3.63) is 29.8 Å². The summed E-state index contributed by atoms with van der Waals surface area (Å²) in [6, 6.07) is 7.17. The van der Waals surface area contributed by atoms with Crippen LogP contribution < -0.4 is 10.6 Å². The number of hydrogen-bond donors (Lipinski definition) is 3. The van der Waals surface area contributed by atoms with Crippen molar-refractivity contribution in [2.24, 2.45) is 0 Å². The molecule has 0 radical (unpaired) electrons. The van der Waals surface area contributed by atoms with Gasteiger partial charge in [-0.1, -0.05) is 19.1 Å². The molecule has 0 spiro atoms. The first kappa shape index (κ1) is 15.2. The maximum atomic E-state index is 11.6. The van der Waals surface area contributed by atoms with Crippen LogP contribution in [0.2, 0.25) is 0 Å². The van der Waals surface area contributed by atoms with Gasteiger partial charge in [0, 0.05) is 12.2 Å². The second kappa shape index (κ2) is 6.33. The monoisotopic (exact) mass is 264 g/mol. The average molecular weight is 264 g/mol. The van der Waals surface area contributed by atoms with E-state index in [-0.39, 0.29) is 6.54 Å². The van der Waals surface area contributed by atoms with Gasteiger partial charge in [0.05, 0.1) is 5.60 Å². The Morgan fingerprint density at radius 2 is 2.00 bits per heavy atom. The number of carbonyl (C=O) groups is 2. The van der Waals surface area contributed by atoms with Gasteiger partial charge in [-0.05, 0) is 38.0 Å². The second-order valence-corrected chi connectivity index (χ2v) is 4.86. The molecule has 0 aliphatic heterocycles. The number of amides is 2. The molecule has 0 fully saturated rings. The lowest BCUT2D eigenvalue weighted by Gasteiger charge is -2.21. The summed E-state index contributed by atoms with van der Waals surface area (Å²) in [7, 11) is 0. The summed E-state index contributed by atoms with van der Waals surface area (Å²) in [4.78, 5) is 23.2. The van der Waals surface area contributed by atoms with Crippen molar-refractivity contribution in [3.63, 3.8) is 0 Å². The van der Waals surface area contributed by atoms with Crippen molar-refractivity contribution < 1.29 is 14.7 Å². The summed E-state index contributed by atoms with van der Waals surface area (Å²) < 4.78 is 0. The summed E-state index contributed by atoms with van der Waals surface area (Å²) >= 11 is 0. The Morgan fingerprint density at radius 3 is 2.58 bits per heavy atom. The molecule has 1 atom stereocenters. The number of nitrogens with one attached hydrogen (secondary N) is 2. The van der Waals surface area contributed by atoms with Crippen molar-refractivity contribution in [1.29, 1.82) is 0 Å². The van der Waals surface area contributed by atoms with E-state index in [1.807, 2.05) is 13.0 Å². The highest BCUT2D eigenvalue weighted by atomic mass is 16.3. The number of rotatable bonds is 4. The number of hydrogen-bond acceptors (Lipinski definition) is 3. The highest BCUT2D eigenvalue weighted by Crippen LogP contribution is 2.09. The van der Waals surface area contributed by atoms with Crippen LogP contribution in [0, 0.1) is 6.92 Å². The fraction of sp³-hybridized carbons (Fsp3) is 0.429. The average Bonchev–Trinajstić information content (AvgIpc) is 2.36. The van der Waals surface area contributed by atoms with Gasteiger partial charge in [-0.2, -0.15) is 0 Å². The summed E-state index contributed by atoms with van der Waals surface area (Å²) in [5.74, 6) is -1.49. The lowest BCUT2D eigenvalue weighted by Crippen LogP contribution is -2.44. The predicted octanol–water partition coefficient (Wildman–Crippen LogP) is 1.21. The minimum absolute atomic E-state index is 0.0452. The van der Waals surface area contributed by atoms with Crippen LogP contribution in [0.15, 0.2) is 24.3 Å². The molecule has 0 heterocycles. The first-order valence-electron chi connectivity index (χ1n) is 6.22. The van der Waals surface area contributed by atoms with Crippen LogP contribution in [0.5, 0.6) is 0 Å². The van der Waals surface area contributed by atoms with E-state index in [9.17, 15) is 14.7 Å². The minimum atomic E-state index is -1.00. The number of anilines is 1. The van der Waals surface area contributed by atoms with Gasteiger partial charge in [0.2, 0.25) is 0 Å². The summed E-state index contributed by atoms with van der Waals surface area (Å²) in [6.45, 7) is 5.35. The molecule has 1 rings (SSSR count). The Hall–Kier alpha value is -1.88. The maximum Gasteiger partial charge on any atom is 0.313 e. The highest BCUT2D eigenvalue weighted by molar-refractivity contribution is 6.39. The van der Waals surface area contributed by atoms with Crippen LogP contribution >= 0.6 is 0 Å². The van der Waals surface area contributed by atoms with Crippen LogP contribution in [0.25, 0.3) is 0 Å². The molecular formula is C14H20N2O3. The molecule has 3 N–H and O–H groups in total. The number of aliphatic hydroxyl groups is 1. The van der Waals surface area contributed by atoms with Gasteiger partial charge in [0.15, 0.2) is 0 Å². The SMILES string of the molecule is CC[C@@](C)(O)CNC(=O)C(=O)Nc1cccc(C)c1. The molecule has 0 saturated carbocycles. The third-order valence-electron chi connectivity index (χ3n) is 2.87. The van der Waals surface area contributed by atoms with E-state index in [1.165, 1.54) is 0 Å². The Balaban J connectivity index is 2.52. The van der Waals surface area contributed by atoms with E-state index < -0.39 is 17.4 Å². The van der Waals surface area contributed by atoms with E-state index in [0.29, 0.717) is 12.1 Å². The molecule has 2 amide bonds. The highest BCUT2D eigenvalue weighted by Gasteiger charge is 2.21. The van der Waals surface area contributed by atoms with Gasteiger partial charge in [-0.15, -0.1) is 0 Å². The van der Waals surface area contributed by atoms with Crippen molar-refractivity contribution in [1.82, 2.24) is 5.32 Å². The molecule has 0 saturated heterocycles. The molecule has 0 aliphatic rings. The summed E-state index contributed by atoms with van der Waals surface area (Å²) in [5.41, 5.74) is 0.564. The van der Waals surface area contributed by atoms with Crippen LogP contribution in [0.1, 0.15) is 25.8 Å². The zero-order chi connectivity index (χ0) is 14.5. The molecular weight excluding hydrogens is 244 g/mol. The zero-order valence-electron chi connectivity index (χ0n) is 11.5. The Bertz CT molecular complexity index is 470. The number of carbonyl (C=O) groups excluding carboxylic acids is 2. The summed E-state index contributed by atoms with van der Waals surface area (Å²) in [5, 5.41) is 14.6. The van der Waals surface area contributed by atoms with Crippen LogP contribution in [0.3, 0.4) is 0 Å². The maximum absolute atomic E-state index is 11.6. The van der Waals surface area contributed by atoms with Gasteiger partial charge < -0.3 is 15.7 Å². The first-order chi connectivity index (χ1) is 8.84. The van der Waals surface area contributed by atoms with Crippen LogP contribution in [0.4, 0.5) is 5.69 Å². The van der Waals surface area contributed by atoms with Crippen LogP contribution in [-0.4, -0.2) is 29.1 Å². The molecule has 0 unspecified atom stereocenters.